The monoisotopic (exact) mass is 455 g/mol. The predicted octanol–water partition coefficient (Wildman–Crippen LogP) is 2.34. The number of pyridine rings is 1. The van der Waals surface area contributed by atoms with Crippen molar-refractivity contribution in [3.8, 4) is 0 Å². The van der Waals surface area contributed by atoms with Crippen molar-refractivity contribution in [3.63, 3.8) is 0 Å². The molecule has 1 saturated heterocycles. The van der Waals surface area contributed by atoms with Crippen LogP contribution in [0.4, 0.5) is 23.1 Å². The van der Waals surface area contributed by atoms with Crippen molar-refractivity contribution in [1.82, 2.24) is 19.5 Å². The molecule has 166 valence electrons. The summed E-state index contributed by atoms with van der Waals surface area (Å²) in [5.41, 5.74) is 0.740. The second kappa shape index (κ2) is 8.85. The highest BCUT2D eigenvalue weighted by molar-refractivity contribution is 7.89. The van der Waals surface area contributed by atoms with Crippen LogP contribution in [0.15, 0.2) is 59.5 Å². The molecule has 1 fully saturated rings. The third kappa shape index (κ3) is 4.65. The summed E-state index contributed by atoms with van der Waals surface area (Å²) in [4.78, 5) is 16.6. The molecule has 1 aliphatic heterocycles. The van der Waals surface area contributed by atoms with Gasteiger partial charge in [0.2, 0.25) is 10.0 Å². The van der Waals surface area contributed by atoms with Gasteiger partial charge in [-0.1, -0.05) is 6.07 Å². The van der Waals surface area contributed by atoms with Crippen LogP contribution in [-0.4, -0.2) is 59.0 Å². The minimum atomic E-state index is -3.72. The number of aryl methyl sites for hydroxylation is 1. The van der Waals surface area contributed by atoms with Gasteiger partial charge in [0.15, 0.2) is 11.6 Å². The number of hydrogen-bond acceptors (Lipinski definition) is 9. The maximum atomic E-state index is 12.8. The van der Waals surface area contributed by atoms with Crippen LogP contribution in [0.2, 0.25) is 0 Å². The number of nitrogens with zero attached hydrogens (tertiary/aromatic N) is 6. The number of nitro benzene ring substituents is 1. The molecule has 0 saturated carbocycles. The largest absolute Gasteiger partial charge is 0.352 e. The van der Waals surface area contributed by atoms with Crippen LogP contribution in [-0.2, 0) is 10.0 Å². The summed E-state index contributed by atoms with van der Waals surface area (Å²) >= 11 is 0. The van der Waals surface area contributed by atoms with Gasteiger partial charge < -0.3 is 10.2 Å². The Labute approximate surface area is 184 Å². The number of nitrogens with one attached hydrogen (secondary N) is 1. The molecule has 1 aromatic carbocycles. The fourth-order valence-electron chi connectivity index (χ4n) is 3.35. The fraction of sp³-hybridized carbons (Fsp3) is 0.250. The first-order valence-corrected chi connectivity index (χ1v) is 11.3. The molecule has 11 nitrogen and oxygen atoms in total. The van der Waals surface area contributed by atoms with Gasteiger partial charge in [0.25, 0.3) is 5.69 Å². The summed E-state index contributed by atoms with van der Waals surface area (Å²) in [6.07, 6.45) is 0. The third-order valence-corrected chi connectivity index (χ3v) is 6.96. The van der Waals surface area contributed by atoms with Crippen molar-refractivity contribution in [3.05, 3.63) is 70.4 Å². The molecule has 12 heteroatoms. The van der Waals surface area contributed by atoms with Gasteiger partial charge in [0.1, 0.15) is 5.82 Å². The number of nitro groups is 1. The van der Waals surface area contributed by atoms with Gasteiger partial charge in [-0.3, -0.25) is 10.1 Å². The van der Waals surface area contributed by atoms with Gasteiger partial charge in [-0.05, 0) is 43.3 Å². The van der Waals surface area contributed by atoms with Crippen LogP contribution in [0.5, 0.6) is 0 Å². The summed E-state index contributed by atoms with van der Waals surface area (Å²) in [7, 11) is -3.72. The highest BCUT2D eigenvalue weighted by Gasteiger charge is 2.29. The summed E-state index contributed by atoms with van der Waals surface area (Å²) in [6.45, 7) is 3.35. The van der Waals surface area contributed by atoms with Crippen LogP contribution >= 0.6 is 0 Å². The predicted molar refractivity (Wildman–Crippen MR) is 118 cm³/mol. The molecule has 2 aromatic heterocycles. The Bertz CT molecular complexity index is 1210. The molecule has 3 heterocycles. The second-order valence-electron chi connectivity index (χ2n) is 7.21. The minimum Gasteiger partial charge on any atom is -0.352 e. The van der Waals surface area contributed by atoms with Crippen molar-refractivity contribution >= 4 is 33.2 Å². The van der Waals surface area contributed by atoms with Gasteiger partial charge in [0, 0.05) is 44.0 Å². The highest BCUT2D eigenvalue weighted by atomic mass is 32.2. The number of benzene rings is 1. The van der Waals surface area contributed by atoms with Gasteiger partial charge in [-0.25, -0.2) is 13.4 Å². The minimum absolute atomic E-state index is 0.0385. The molecule has 0 atom stereocenters. The normalized spacial score (nSPS) is 14.8. The van der Waals surface area contributed by atoms with Crippen molar-refractivity contribution in [2.45, 2.75) is 11.8 Å². The van der Waals surface area contributed by atoms with E-state index in [0.29, 0.717) is 30.5 Å². The summed E-state index contributed by atoms with van der Waals surface area (Å²) < 4.78 is 27.1. The number of anilines is 3. The lowest BCUT2D eigenvalue weighted by atomic mass is 10.3. The van der Waals surface area contributed by atoms with E-state index in [1.807, 2.05) is 36.1 Å². The number of rotatable bonds is 6. The van der Waals surface area contributed by atoms with Crippen molar-refractivity contribution in [1.29, 1.82) is 0 Å². The average Bonchev–Trinajstić information content (AvgIpc) is 2.80. The number of aromatic nitrogens is 3. The fourth-order valence-corrected chi connectivity index (χ4v) is 4.77. The maximum Gasteiger partial charge on any atom is 0.269 e. The van der Waals surface area contributed by atoms with Crippen molar-refractivity contribution in [2.75, 3.05) is 36.4 Å². The summed E-state index contributed by atoms with van der Waals surface area (Å²) in [5.74, 6) is 1.89. The first-order valence-electron chi connectivity index (χ1n) is 9.87. The molecule has 0 radical (unpaired) electrons. The molecule has 0 bridgehead atoms. The van der Waals surface area contributed by atoms with Crippen LogP contribution < -0.4 is 10.2 Å². The molecule has 0 aliphatic carbocycles. The molecule has 0 unspecified atom stereocenters. The van der Waals surface area contributed by atoms with E-state index in [4.69, 9.17) is 0 Å². The lowest BCUT2D eigenvalue weighted by Crippen LogP contribution is -2.48. The number of hydrogen-bond donors (Lipinski definition) is 1. The quantitative estimate of drug-likeness (QED) is 0.439. The van der Waals surface area contributed by atoms with E-state index in [0.717, 1.165) is 5.69 Å². The molecule has 32 heavy (non-hydrogen) atoms. The lowest BCUT2D eigenvalue weighted by molar-refractivity contribution is -0.384. The van der Waals surface area contributed by atoms with Crippen LogP contribution in [0.3, 0.4) is 0 Å². The molecule has 0 amide bonds. The van der Waals surface area contributed by atoms with Gasteiger partial charge in [-0.2, -0.15) is 4.31 Å². The standard InChI is InChI=1S/C20H21N7O4S/c1-15-3-2-4-18(21-15)22-19-9-10-20(24-23-19)25-11-13-26(14-12-25)32(30,31)17-7-5-16(6-8-17)27(28)29/h2-10H,11-14H2,1H3,(H,21,22,23). The zero-order valence-corrected chi connectivity index (χ0v) is 18.1. The maximum absolute atomic E-state index is 12.8. The number of sulfonamides is 1. The number of non-ortho nitro benzene ring substituents is 1. The smallest absolute Gasteiger partial charge is 0.269 e. The summed E-state index contributed by atoms with van der Waals surface area (Å²) in [5, 5.41) is 22.3. The highest BCUT2D eigenvalue weighted by Crippen LogP contribution is 2.22. The van der Waals surface area contributed by atoms with Gasteiger partial charge in [0.05, 0.1) is 9.82 Å². The van der Waals surface area contributed by atoms with Crippen LogP contribution in [0, 0.1) is 17.0 Å². The first-order chi connectivity index (χ1) is 15.3. The zero-order valence-electron chi connectivity index (χ0n) is 17.2. The Morgan fingerprint density at radius 1 is 0.938 bits per heavy atom. The van der Waals surface area contributed by atoms with Crippen LogP contribution in [0.25, 0.3) is 0 Å². The summed E-state index contributed by atoms with van der Waals surface area (Å²) in [6, 6.07) is 14.2. The van der Waals surface area contributed by atoms with Crippen molar-refractivity contribution in [2.24, 2.45) is 0 Å². The molecule has 1 aliphatic rings. The molecular weight excluding hydrogens is 434 g/mol. The topological polar surface area (TPSA) is 134 Å². The van der Waals surface area contributed by atoms with Gasteiger partial charge in [-0.15, -0.1) is 10.2 Å². The molecular formula is C20H21N7O4S. The SMILES string of the molecule is Cc1cccc(Nc2ccc(N3CCN(S(=O)(=O)c4ccc([N+](=O)[O-])cc4)CC3)nn2)n1. The Hall–Kier alpha value is -3.64. The van der Waals surface area contributed by atoms with E-state index in [9.17, 15) is 18.5 Å². The van der Waals surface area contributed by atoms with E-state index >= 15 is 0 Å². The number of piperazine rings is 1. The van der Waals surface area contributed by atoms with Crippen LogP contribution in [0.1, 0.15) is 5.69 Å². The zero-order chi connectivity index (χ0) is 22.7. The Balaban J connectivity index is 1.38. The Morgan fingerprint density at radius 2 is 1.66 bits per heavy atom. The molecule has 0 spiro atoms. The third-order valence-electron chi connectivity index (χ3n) is 5.04. The van der Waals surface area contributed by atoms with Gasteiger partial charge >= 0.3 is 0 Å². The van der Waals surface area contributed by atoms with E-state index in [1.54, 1.807) is 6.07 Å². The Morgan fingerprint density at radius 3 is 2.25 bits per heavy atom. The van der Waals surface area contributed by atoms with E-state index in [1.165, 1.54) is 28.6 Å². The van der Waals surface area contributed by atoms with Crippen molar-refractivity contribution < 1.29 is 13.3 Å². The van der Waals surface area contributed by atoms with E-state index < -0.39 is 14.9 Å². The molecule has 4 rings (SSSR count). The average molecular weight is 456 g/mol. The lowest BCUT2D eigenvalue weighted by Gasteiger charge is -2.34. The molecule has 3 aromatic rings. The van der Waals surface area contributed by atoms with E-state index in [2.05, 4.69) is 20.5 Å². The molecule has 1 N–H and O–H groups in total. The first kappa shape index (κ1) is 21.6. The Kier molecular flexibility index (Phi) is 5.97. The van der Waals surface area contributed by atoms with E-state index in [-0.39, 0.29) is 23.7 Å². The second-order valence-corrected chi connectivity index (χ2v) is 9.15.